The molecule has 0 saturated carbocycles. The third-order valence-electron chi connectivity index (χ3n) is 2.77. The van der Waals surface area contributed by atoms with Crippen molar-refractivity contribution in [2.24, 2.45) is 5.73 Å². The highest BCUT2D eigenvalue weighted by Crippen LogP contribution is 2.24. The number of rotatable bonds is 7. The number of carbonyl (C=O) groups excluding carboxylic acids is 1. The SMILES string of the molecule is CCC(N)Cc1cccc(F)c1OCC(=O)NCC#N. The van der Waals surface area contributed by atoms with Gasteiger partial charge in [0.25, 0.3) is 5.91 Å². The van der Waals surface area contributed by atoms with Gasteiger partial charge in [0, 0.05) is 6.04 Å². The number of hydrogen-bond acceptors (Lipinski definition) is 4. The molecule has 0 aliphatic rings. The molecule has 1 aromatic rings. The van der Waals surface area contributed by atoms with E-state index in [1.165, 1.54) is 6.07 Å². The third-order valence-corrected chi connectivity index (χ3v) is 2.77. The van der Waals surface area contributed by atoms with Crippen LogP contribution in [-0.4, -0.2) is 25.1 Å². The zero-order valence-electron chi connectivity index (χ0n) is 11.4. The number of halogens is 1. The molecule has 0 fully saturated rings. The van der Waals surface area contributed by atoms with Gasteiger partial charge in [0.2, 0.25) is 0 Å². The number of hydrogen-bond donors (Lipinski definition) is 2. The summed E-state index contributed by atoms with van der Waals surface area (Å²) in [7, 11) is 0. The zero-order valence-corrected chi connectivity index (χ0v) is 11.4. The van der Waals surface area contributed by atoms with Gasteiger partial charge < -0.3 is 15.8 Å². The normalized spacial score (nSPS) is 11.5. The second-order valence-electron chi connectivity index (χ2n) is 4.32. The molecule has 5 nitrogen and oxygen atoms in total. The Balaban J connectivity index is 2.73. The molecule has 6 heteroatoms. The number of benzene rings is 1. The van der Waals surface area contributed by atoms with Gasteiger partial charge >= 0.3 is 0 Å². The van der Waals surface area contributed by atoms with Gasteiger partial charge in [-0.2, -0.15) is 5.26 Å². The van der Waals surface area contributed by atoms with Crippen molar-refractivity contribution in [1.29, 1.82) is 5.26 Å². The van der Waals surface area contributed by atoms with Crippen molar-refractivity contribution in [2.45, 2.75) is 25.8 Å². The Kier molecular flexibility index (Phi) is 6.47. The highest BCUT2D eigenvalue weighted by atomic mass is 19.1. The minimum absolute atomic E-state index is 0.0449. The Morgan fingerprint density at radius 1 is 1.60 bits per heavy atom. The second kappa shape index (κ2) is 8.12. The molecule has 20 heavy (non-hydrogen) atoms. The van der Waals surface area contributed by atoms with Crippen molar-refractivity contribution in [3.8, 4) is 11.8 Å². The van der Waals surface area contributed by atoms with Gasteiger partial charge in [-0.1, -0.05) is 19.1 Å². The van der Waals surface area contributed by atoms with E-state index in [0.29, 0.717) is 12.0 Å². The Morgan fingerprint density at radius 2 is 2.35 bits per heavy atom. The first kappa shape index (κ1) is 15.9. The molecule has 0 bridgehead atoms. The molecule has 3 N–H and O–H groups in total. The van der Waals surface area contributed by atoms with Gasteiger partial charge in [0.1, 0.15) is 6.54 Å². The van der Waals surface area contributed by atoms with Crippen molar-refractivity contribution in [2.75, 3.05) is 13.2 Å². The molecule has 0 saturated heterocycles. The van der Waals surface area contributed by atoms with Crippen LogP contribution in [0.15, 0.2) is 18.2 Å². The van der Waals surface area contributed by atoms with E-state index in [0.717, 1.165) is 6.42 Å². The smallest absolute Gasteiger partial charge is 0.258 e. The summed E-state index contributed by atoms with van der Waals surface area (Å²) in [6, 6.07) is 6.25. The van der Waals surface area contributed by atoms with Crippen molar-refractivity contribution >= 4 is 5.91 Å². The predicted molar refractivity (Wildman–Crippen MR) is 72.5 cm³/mol. The van der Waals surface area contributed by atoms with Gasteiger partial charge in [-0.05, 0) is 24.5 Å². The van der Waals surface area contributed by atoms with Crippen molar-refractivity contribution in [3.05, 3.63) is 29.6 Å². The van der Waals surface area contributed by atoms with Crippen LogP contribution in [-0.2, 0) is 11.2 Å². The zero-order chi connectivity index (χ0) is 15.0. The summed E-state index contributed by atoms with van der Waals surface area (Å²) >= 11 is 0. The number of amides is 1. The van der Waals surface area contributed by atoms with Gasteiger partial charge in [0.05, 0.1) is 6.07 Å². The van der Waals surface area contributed by atoms with Crippen LogP contribution in [0.4, 0.5) is 4.39 Å². The maximum atomic E-state index is 13.8. The number of ether oxygens (including phenoxy) is 1. The third kappa shape index (κ3) is 4.86. The number of carbonyl (C=O) groups is 1. The molecule has 1 unspecified atom stereocenters. The topological polar surface area (TPSA) is 88.1 Å². The van der Waals surface area contributed by atoms with Crippen LogP contribution in [0.1, 0.15) is 18.9 Å². The number of nitrogens with one attached hydrogen (secondary N) is 1. The minimum atomic E-state index is -0.529. The lowest BCUT2D eigenvalue weighted by atomic mass is 10.0. The molecule has 1 rings (SSSR count). The van der Waals surface area contributed by atoms with E-state index in [-0.39, 0.29) is 24.9 Å². The molecule has 0 aromatic heterocycles. The summed E-state index contributed by atoms with van der Waals surface area (Å²) < 4.78 is 19.0. The lowest BCUT2D eigenvalue weighted by Gasteiger charge is -2.14. The summed E-state index contributed by atoms with van der Waals surface area (Å²) in [4.78, 5) is 11.3. The van der Waals surface area contributed by atoms with E-state index in [4.69, 9.17) is 15.7 Å². The molecule has 1 aromatic carbocycles. The van der Waals surface area contributed by atoms with Crippen molar-refractivity contribution < 1.29 is 13.9 Å². The van der Waals surface area contributed by atoms with E-state index in [2.05, 4.69) is 5.32 Å². The standard InChI is InChI=1S/C14H18FN3O2/c1-2-11(17)8-10-4-3-5-12(15)14(10)20-9-13(19)18-7-6-16/h3-5,11H,2,7-9,17H2,1H3,(H,18,19). The Labute approximate surface area is 117 Å². The number of nitrogens with zero attached hydrogens (tertiary/aromatic N) is 1. The Bertz CT molecular complexity index is 500. The van der Waals surface area contributed by atoms with E-state index in [9.17, 15) is 9.18 Å². The average Bonchev–Trinajstić information content (AvgIpc) is 2.44. The van der Waals surface area contributed by atoms with E-state index >= 15 is 0 Å². The molecule has 0 aliphatic carbocycles. The van der Waals surface area contributed by atoms with Gasteiger partial charge in [0.15, 0.2) is 18.2 Å². The molecule has 1 amide bonds. The fraction of sp³-hybridized carbons (Fsp3) is 0.429. The average molecular weight is 279 g/mol. The Hall–Kier alpha value is -2.13. The monoisotopic (exact) mass is 279 g/mol. The predicted octanol–water partition coefficient (Wildman–Crippen LogP) is 1.12. The maximum absolute atomic E-state index is 13.8. The number of nitrogens with two attached hydrogens (primary N) is 1. The molecular formula is C14H18FN3O2. The molecule has 0 radical (unpaired) electrons. The van der Waals surface area contributed by atoms with Gasteiger partial charge in [-0.3, -0.25) is 4.79 Å². The van der Waals surface area contributed by atoms with Crippen LogP contribution >= 0.6 is 0 Å². The van der Waals surface area contributed by atoms with Crippen LogP contribution < -0.4 is 15.8 Å². The highest BCUT2D eigenvalue weighted by Gasteiger charge is 2.13. The van der Waals surface area contributed by atoms with E-state index < -0.39 is 11.7 Å². The van der Waals surface area contributed by atoms with Gasteiger partial charge in [-0.15, -0.1) is 0 Å². The molecule has 108 valence electrons. The van der Waals surface area contributed by atoms with Crippen LogP contribution in [0, 0.1) is 17.1 Å². The molecular weight excluding hydrogens is 261 g/mol. The second-order valence-corrected chi connectivity index (χ2v) is 4.32. The van der Waals surface area contributed by atoms with Crippen LogP contribution in [0.3, 0.4) is 0 Å². The fourth-order valence-electron chi connectivity index (χ4n) is 1.63. The quantitative estimate of drug-likeness (QED) is 0.732. The number of para-hydroxylation sites is 1. The van der Waals surface area contributed by atoms with E-state index in [1.54, 1.807) is 18.2 Å². The summed E-state index contributed by atoms with van der Waals surface area (Å²) in [5.74, 6) is -0.956. The first-order chi connectivity index (χ1) is 9.58. The lowest BCUT2D eigenvalue weighted by molar-refractivity contribution is -0.122. The van der Waals surface area contributed by atoms with Crippen LogP contribution in [0.5, 0.6) is 5.75 Å². The van der Waals surface area contributed by atoms with Crippen LogP contribution in [0.25, 0.3) is 0 Å². The summed E-state index contributed by atoms with van der Waals surface area (Å²) in [6.07, 6.45) is 1.24. The summed E-state index contributed by atoms with van der Waals surface area (Å²) in [5, 5.41) is 10.7. The van der Waals surface area contributed by atoms with Crippen molar-refractivity contribution in [1.82, 2.24) is 5.32 Å². The van der Waals surface area contributed by atoms with E-state index in [1.807, 2.05) is 6.92 Å². The van der Waals surface area contributed by atoms with Crippen LogP contribution in [0.2, 0.25) is 0 Å². The number of nitriles is 1. The summed E-state index contributed by atoms with van der Waals surface area (Å²) in [5.41, 5.74) is 6.48. The molecule has 0 heterocycles. The molecule has 1 atom stereocenters. The fourth-order valence-corrected chi connectivity index (χ4v) is 1.63. The molecule has 0 aliphatic heterocycles. The highest BCUT2D eigenvalue weighted by molar-refractivity contribution is 5.77. The summed E-state index contributed by atoms with van der Waals surface area (Å²) in [6.45, 7) is 1.50. The first-order valence-corrected chi connectivity index (χ1v) is 6.37. The molecule has 0 spiro atoms. The first-order valence-electron chi connectivity index (χ1n) is 6.37. The Morgan fingerprint density at radius 3 is 3.00 bits per heavy atom. The van der Waals surface area contributed by atoms with Gasteiger partial charge in [-0.25, -0.2) is 4.39 Å². The minimum Gasteiger partial charge on any atom is -0.480 e. The maximum Gasteiger partial charge on any atom is 0.258 e. The van der Waals surface area contributed by atoms with Crippen molar-refractivity contribution in [3.63, 3.8) is 0 Å². The lowest BCUT2D eigenvalue weighted by Crippen LogP contribution is -2.29. The largest absolute Gasteiger partial charge is 0.480 e.